The third-order valence-electron chi connectivity index (χ3n) is 2.58. The summed E-state index contributed by atoms with van der Waals surface area (Å²) >= 11 is 0. The van der Waals surface area contributed by atoms with Gasteiger partial charge in [0.15, 0.2) is 0 Å². The smallest absolute Gasteiger partial charge is 0.00144 e. The van der Waals surface area contributed by atoms with Gasteiger partial charge in [-0.1, -0.05) is 49.4 Å². The van der Waals surface area contributed by atoms with Crippen molar-refractivity contribution in [2.45, 2.75) is 32.6 Å². The SMILES string of the molecule is CCNCCC=CCCCc1ccccc1. The molecule has 0 aromatic heterocycles. The van der Waals surface area contributed by atoms with Crippen molar-refractivity contribution in [3.8, 4) is 0 Å². The Labute approximate surface area is 99.6 Å². The molecule has 0 saturated heterocycles. The molecular weight excluding hydrogens is 194 g/mol. The van der Waals surface area contributed by atoms with Crippen molar-refractivity contribution in [1.29, 1.82) is 0 Å². The monoisotopic (exact) mass is 217 g/mol. The lowest BCUT2D eigenvalue weighted by Gasteiger charge is -1.98. The summed E-state index contributed by atoms with van der Waals surface area (Å²) in [5, 5.41) is 3.31. The van der Waals surface area contributed by atoms with Crippen LogP contribution in [0.15, 0.2) is 42.5 Å². The molecule has 0 atom stereocenters. The van der Waals surface area contributed by atoms with Gasteiger partial charge in [0.1, 0.15) is 0 Å². The molecule has 1 aromatic carbocycles. The lowest BCUT2D eigenvalue weighted by atomic mass is 10.1. The van der Waals surface area contributed by atoms with E-state index >= 15 is 0 Å². The minimum absolute atomic E-state index is 1.07. The second-order valence-electron chi connectivity index (χ2n) is 3.99. The fourth-order valence-corrected chi connectivity index (χ4v) is 1.67. The summed E-state index contributed by atoms with van der Waals surface area (Å²) in [4.78, 5) is 0. The number of nitrogens with one attached hydrogen (secondary N) is 1. The standard InChI is InChI=1S/C15H23N/c1-2-16-14-10-5-3-4-7-11-15-12-8-6-9-13-15/h3,5-6,8-9,12-13,16H,2,4,7,10-11,14H2,1H3. The van der Waals surface area contributed by atoms with Gasteiger partial charge in [-0.15, -0.1) is 0 Å². The van der Waals surface area contributed by atoms with E-state index in [1.807, 2.05) is 0 Å². The fraction of sp³-hybridized carbons (Fsp3) is 0.467. The largest absolute Gasteiger partial charge is 0.317 e. The van der Waals surface area contributed by atoms with Crippen LogP contribution >= 0.6 is 0 Å². The van der Waals surface area contributed by atoms with E-state index in [9.17, 15) is 0 Å². The van der Waals surface area contributed by atoms with Gasteiger partial charge in [0.05, 0.1) is 0 Å². The zero-order valence-corrected chi connectivity index (χ0v) is 10.3. The first-order chi connectivity index (χ1) is 7.93. The third-order valence-corrected chi connectivity index (χ3v) is 2.58. The molecule has 16 heavy (non-hydrogen) atoms. The Morgan fingerprint density at radius 3 is 2.56 bits per heavy atom. The van der Waals surface area contributed by atoms with Crippen LogP contribution in [0.3, 0.4) is 0 Å². The normalized spacial score (nSPS) is 11.1. The summed E-state index contributed by atoms with van der Waals surface area (Å²) in [6.07, 6.45) is 9.38. The summed E-state index contributed by atoms with van der Waals surface area (Å²) < 4.78 is 0. The van der Waals surface area contributed by atoms with Crippen molar-refractivity contribution in [3.05, 3.63) is 48.0 Å². The van der Waals surface area contributed by atoms with Crippen LogP contribution in [-0.4, -0.2) is 13.1 Å². The Bertz CT molecular complexity index is 277. The van der Waals surface area contributed by atoms with Crippen molar-refractivity contribution >= 4 is 0 Å². The lowest BCUT2D eigenvalue weighted by molar-refractivity contribution is 0.724. The van der Waals surface area contributed by atoms with Gasteiger partial charge in [0.2, 0.25) is 0 Å². The highest BCUT2D eigenvalue weighted by molar-refractivity contribution is 5.14. The summed E-state index contributed by atoms with van der Waals surface area (Å²) in [6.45, 7) is 4.32. The van der Waals surface area contributed by atoms with Gasteiger partial charge in [-0.05, 0) is 44.3 Å². The zero-order valence-electron chi connectivity index (χ0n) is 10.3. The van der Waals surface area contributed by atoms with Crippen molar-refractivity contribution in [3.63, 3.8) is 0 Å². The Morgan fingerprint density at radius 1 is 1.06 bits per heavy atom. The molecule has 0 fully saturated rings. The molecule has 1 nitrogen and oxygen atoms in total. The zero-order chi connectivity index (χ0) is 11.5. The highest BCUT2D eigenvalue weighted by Crippen LogP contribution is 2.04. The van der Waals surface area contributed by atoms with Crippen LogP contribution in [-0.2, 0) is 6.42 Å². The molecule has 0 aliphatic heterocycles. The molecule has 0 bridgehead atoms. The van der Waals surface area contributed by atoms with Gasteiger partial charge < -0.3 is 5.32 Å². The summed E-state index contributed by atoms with van der Waals surface area (Å²) in [5.74, 6) is 0. The molecule has 1 rings (SSSR count). The molecule has 0 amide bonds. The average Bonchev–Trinajstić information content (AvgIpc) is 2.34. The Kier molecular flexibility index (Phi) is 7.44. The van der Waals surface area contributed by atoms with Gasteiger partial charge in [-0.2, -0.15) is 0 Å². The van der Waals surface area contributed by atoms with Crippen LogP contribution in [0, 0.1) is 0 Å². The van der Waals surface area contributed by atoms with Gasteiger partial charge in [-0.3, -0.25) is 0 Å². The second kappa shape index (κ2) is 9.17. The van der Waals surface area contributed by atoms with Crippen LogP contribution in [0.2, 0.25) is 0 Å². The number of hydrogen-bond donors (Lipinski definition) is 1. The lowest BCUT2D eigenvalue weighted by Crippen LogP contribution is -2.12. The van der Waals surface area contributed by atoms with E-state index in [-0.39, 0.29) is 0 Å². The molecule has 0 spiro atoms. The van der Waals surface area contributed by atoms with E-state index < -0.39 is 0 Å². The Morgan fingerprint density at radius 2 is 1.81 bits per heavy atom. The summed E-state index contributed by atoms with van der Waals surface area (Å²) in [6, 6.07) is 10.7. The van der Waals surface area contributed by atoms with Crippen LogP contribution in [0.25, 0.3) is 0 Å². The molecule has 88 valence electrons. The van der Waals surface area contributed by atoms with Crippen molar-refractivity contribution in [2.75, 3.05) is 13.1 Å². The van der Waals surface area contributed by atoms with Crippen molar-refractivity contribution in [1.82, 2.24) is 5.32 Å². The topological polar surface area (TPSA) is 12.0 Å². The van der Waals surface area contributed by atoms with Crippen molar-refractivity contribution in [2.24, 2.45) is 0 Å². The van der Waals surface area contributed by atoms with E-state index in [2.05, 4.69) is 54.7 Å². The molecule has 0 heterocycles. The second-order valence-corrected chi connectivity index (χ2v) is 3.99. The first-order valence-corrected chi connectivity index (χ1v) is 6.33. The van der Waals surface area contributed by atoms with Gasteiger partial charge >= 0.3 is 0 Å². The van der Waals surface area contributed by atoms with Crippen LogP contribution in [0.5, 0.6) is 0 Å². The number of benzene rings is 1. The van der Waals surface area contributed by atoms with Crippen molar-refractivity contribution < 1.29 is 0 Å². The number of unbranched alkanes of at least 4 members (excludes halogenated alkanes) is 1. The van der Waals surface area contributed by atoms with Crippen LogP contribution < -0.4 is 5.32 Å². The molecule has 0 aliphatic rings. The minimum Gasteiger partial charge on any atom is -0.317 e. The first-order valence-electron chi connectivity index (χ1n) is 6.33. The number of rotatable bonds is 8. The first kappa shape index (κ1) is 13.0. The quantitative estimate of drug-likeness (QED) is 0.518. The van der Waals surface area contributed by atoms with E-state index in [0.717, 1.165) is 19.5 Å². The number of allylic oxidation sites excluding steroid dienone is 1. The number of aryl methyl sites for hydroxylation is 1. The molecule has 1 heteroatoms. The number of hydrogen-bond acceptors (Lipinski definition) is 1. The molecule has 0 unspecified atom stereocenters. The molecule has 1 aromatic rings. The van der Waals surface area contributed by atoms with Crippen LogP contribution in [0.4, 0.5) is 0 Å². The maximum Gasteiger partial charge on any atom is -0.00144 e. The van der Waals surface area contributed by atoms with E-state index in [0.29, 0.717) is 0 Å². The summed E-state index contributed by atoms with van der Waals surface area (Å²) in [5.41, 5.74) is 1.45. The Balaban J connectivity index is 1.99. The predicted octanol–water partition coefficient (Wildman–Crippen LogP) is 3.57. The average molecular weight is 217 g/mol. The van der Waals surface area contributed by atoms with E-state index in [4.69, 9.17) is 0 Å². The third kappa shape index (κ3) is 6.41. The van der Waals surface area contributed by atoms with Gasteiger partial charge in [-0.25, -0.2) is 0 Å². The maximum absolute atomic E-state index is 3.31. The highest BCUT2D eigenvalue weighted by atomic mass is 14.8. The Hall–Kier alpha value is -1.08. The predicted molar refractivity (Wildman–Crippen MR) is 71.7 cm³/mol. The fourth-order valence-electron chi connectivity index (χ4n) is 1.67. The van der Waals surface area contributed by atoms with Gasteiger partial charge in [0, 0.05) is 0 Å². The highest BCUT2D eigenvalue weighted by Gasteiger charge is 1.89. The molecule has 0 saturated carbocycles. The van der Waals surface area contributed by atoms with E-state index in [1.165, 1.54) is 24.8 Å². The maximum atomic E-state index is 3.31. The summed E-state index contributed by atoms with van der Waals surface area (Å²) in [7, 11) is 0. The molecule has 0 radical (unpaired) electrons. The molecule has 1 N–H and O–H groups in total. The molecule has 0 aliphatic carbocycles. The minimum atomic E-state index is 1.07. The van der Waals surface area contributed by atoms with Crippen LogP contribution in [0.1, 0.15) is 31.7 Å². The van der Waals surface area contributed by atoms with Gasteiger partial charge in [0.25, 0.3) is 0 Å². The molecular formula is C15H23N. The van der Waals surface area contributed by atoms with E-state index in [1.54, 1.807) is 0 Å².